The summed E-state index contributed by atoms with van der Waals surface area (Å²) in [7, 11) is 3.94. The highest BCUT2D eigenvalue weighted by atomic mass is 16.5. The van der Waals surface area contributed by atoms with Crippen molar-refractivity contribution in [2.75, 3.05) is 14.1 Å². The van der Waals surface area contributed by atoms with E-state index in [1.54, 1.807) is 6.07 Å². The number of hydrogen-bond donors (Lipinski definition) is 1. The molecule has 5 nitrogen and oxygen atoms in total. The zero-order valence-corrected chi connectivity index (χ0v) is 14.9. The molecule has 1 aliphatic carbocycles. The molecule has 0 bridgehead atoms. The Morgan fingerprint density at radius 3 is 2.76 bits per heavy atom. The number of rotatable bonds is 7. The molecule has 25 heavy (non-hydrogen) atoms. The first-order valence-electron chi connectivity index (χ1n) is 8.81. The zero-order valence-electron chi connectivity index (χ0n) is 14.9. The summed E-state index contributed by atoms with van der Waals surface area (Å²) >= 11 is 0. The minimum atomic E-state index is -0.162. The number of amides is 1. The van der Waals surface area contributed by atoms with Crippen molar-refractivity contribution in [3.8, 4) is 0 Å². The summed E-state index contributed by atoms with van der Waals surface area (Å²) < 4.78 is 11.7. The number of hydrogen-bond acceptors (Lipinski definition) is 4. The van der Waals surface area contributed by atoms with Crippen molar-refractivity contribution < 1.29 is 13.9 Å². The van der Waals surface area contributed by atoms with Crippen molar-refractivity contribution in [2.45, 2.75) is 44.6 Å². The topological polar surface area (TPSA) is 54.7 Å². The molecule has 1 saturated carbocycles. The fourth-order valence-corrected chi connectivity index (χ4v) is 3.20. The van der Waals surface area contributed by atoms with Gasteiger partial charge in [0.2, 0.25) is 0 Å². The molecule has 0 radical (unpaired) electrons. The summed E-state index contributed by atoms with van der Waals surface area (Å²) in [6, 6.07) is 13.8. The van der Waals surface area contributed by atoms with Crippen molar-refractivity contribution in [3.05, 3.63) is 59.5 Å². The highest BCUT2D eigenvalue weighted by molar-refractivity contribution is 5.91. The predicted octanol–water partition coefficient (Wildman–Crippen LogP) is 3.21. The van der Waals surface area contributed by atoms with Gasteiger partial charge < -0.3 is 19.4 Å². The molecule has 1 aromatic heterocycles. The molecule has 1 amide bonds. The number of ether oxygens (including phenoxy) is 1. The molecule has 2 aromatic rings. The van der Waals surface area contributed by atoms with Crippen LogP contribution in [0.5, 0.6) is 0 Å². The number of benzene rings is 1. The quantitative estimate of drug-likeness (QED) is 0.839. The molecule has 5 heteroatoms. The average Bonchev–Trinajstić information content (AvgIpc) is 3.23. The van der Waals surface area contributed by atoms with Crippen LogP contribution in [-0.2, 0) is 17.9 Å². The Morgan fingerprint density at radius 1 is 1.20 bits per heavy atom. The monoisotopic (exact) mass is 342 g/mol. The molecule has 3 rings (SSSR count). The maximum absolute atomic E-state index is 12.4. The predicted molar refractivity (Wildman–Crippen MR) is 96.2 cm³/mol. The van der Waals surface area contributed by atoms with Crippen molar-refractivity contribution in [1.82, 2.24) is 10.2 Å². The molecule has 1 N–H and O–H groups in total. The van der Waals surface area contributed by atoms with Crippen LogP contribution in [0, 0.1) is 0 Å². The van der Waals surface area contributed by atoms with Gasteiger partial charge in [0.1, 0.15) is 5.76 Å². The van der Waals surface area contributed by atoms with Crippen LogP contribution in [0.15, 0.2) is 46.9 Å². The number of carbonyl (C=O) groups excluding carboxylic acids is 1. The van der Waals surface area contributed by atoms with Gasteiger partial charge in [-0.3, -0.25) is 4.79 Å². The van der Waals surface area contributed by atoms with Gasteiger partial charge in [-0.1, -0.05) is 30.3 Å². The van der Waals surface area contributed by atoms with Gasteiger partial charge in [-0.05, 0) is 51.1 Å². The summed E-state index contributed by atoms with van der Waals surface area (Å²) in [5.41, 5.74) is 1.15. The van der Waals surface area contributed by atoms with Gasteiger partial charge in [-0.15, -0.1) is 0 Å². The van der Waals surface area contributed by atoms with Crippen molar-refractivity contribution >= 4 is 5.91 Å². The molecular weight excluding hydrogens is 316 g/mol. The van der Waals surface area contributed by atoms with Crippen molar-refractivity contribution in [2.24, 2.45) is 0 Å². The average molecular weight is 342 g/mol. The second-order valence-corrected chi connectivity index (χ2v) is 6.85. The molecule has 2 atom stereocenters. The standard InChI is InChI=1S/C20H26N2O3/c1-22(2)13-16-11-12-19(25-16)20(23)21-17-9-6-10-18(17)24-14-15-7-4-3-5-8-15/h3-5,7-8,11-12,17-18H,6,9-10,13-14H2,1-2H3,(H,21,23)/t17-,18-/m1/s1. The first-order chi connectivity index (χ1) is 12.1. The summed E-state index contributed by atoms with van der Waals surface area (Å²) in [5, 5.41) is 3.08. The van der Waals surface area contributed by atoms with E-state index in [4.69, 9.17) is 9.15 Å². The van der Waals surface area contributed by atoms with Gasteiger partial charge in [0.25, 0.3) is 5.91 Å². The van der Waals surface area contributed by atoms with Gasteiger partial charge >= 0.3 is 0 Å². The molecule has 134 valence electrons. The first kappa shape index (κ1) is 17.7. The Balaban J connectivity index is 1.53. The van der Waals surface area contributed by atoms with E-state index in [0.717, 1.165) is 30.6 Å². The Bertz CT molecular complexity index is 681. The lowest BCUT2D eigenvalue weighted by Crippen LogP contribution is -2.41. The highest BCUT2D eigenvalue weighted by Gasteiger charge is 2.30. The minimum absolute atomic E-state index is 0.0404. The summed E-state index contributed by atoms with van der Waals surface area (Å²) in [5.74, 6) is 0.995. The first-order valence-corrected chi connectivity index (χ1v) is 8.81. The second-order valence-electron chi connectivity index (χ2n) is 6.85. The second kappa shape index (κ2) is 8.32. The van der Waals surface area contributed by atoms with Crippen LogP contribution in [0.25, 0.3) is 0 Å². The van der Waals surface area contributed by atoms with E-state index in [0.29, 0.717) is 18.9 Å². The van der Waals surface area contributed by atoms with Crippen LogP contribution in [0.2, 0.25) is 0 Å². The lowest BCUT2D eigenvalue weighted by atomic mass is 10.2. The third-order valence-electron chi connectivity index (χ3n) is 4.43. The van der Waals surface area contributed by atoms with Crippen LogP contribution in [-0.4, -0.2) is 37.0 Å². The van der Waals surface area contributed by atoms with Crippen LogP contribution in [0.4, 0.5) is 0 Å². The summed E-state index contributed by atoms with van der Waals surface area (Å²) in [4.78, 5) is 14.5. The van der Waals surface area contributed by atoms with Crippen molar-refractivity contribution in [3.63, 3.8) is 0 Å². The Morgan fingerprint density at radius 2 is 2.00 bits per heavy atom. The molecule has 0 saturated heterocycles. The van der Waals surface area contributed by atoms with E-state index >= 15 is 0 Å². The molecule has 1 heterocycles. The summed E-state index contributed by atoms with van der Waals surface area (Å²) in [6.45, 7) is 1.26. The lowest BCUT2D eigenvalue weighted by molar-refractivity contribution is 0.0268. The smallest absolute Gasteiger partial charge is 0.287 e. The molecule has 1 aromatic carbocycles. The van der Waals surface area contributed by atoms with Crippen LogP contribution < -0.4 is 5.32 Å². The van der Waals surface area contributed by atoms with Gasteiger partial charge in [0.05, 0.1) is 25.3 Å². The number of furan rings is 1. The van der Waals surface area contributed by atoms with E-state index in [1.807, 2.05) is 43.3 Å². The van der Waals surface area contributed by atoms with Gasteiger partial charge in [-0.25, -0.2) is 0 Å². The molecule has 1 fully saturated rings. The van der Waals surface area contributed by atoms with E-state index in [1.165, 1.54) is 0 Å². The molecule has 1 aliphatic rings. The fourth-order valence-electron chi connectivity index (χ4n) is 3.20. The van der Waals surface area contributed by atoms with E-state index in [-0.39, 0.29) is 18.1 Å². The SMILES string of the molecule is CN(C)Cc1ccc(C(=O)N[C@@H]2CCC[C@H]2OCc2ccccc2)o1. The third-order valence-corrected chi connectivity index (χ3v) is 4.43. The van der Waals surface area contributed by atoms with Gasteiger partial charge in [0.15, 0.2) is 5.76 Å². The van der Waals surface area contributed by atoms with Crippen molar-refractivity contribution in [1.29, 1.82) is 0 Å². The van der Waals surface area contributed by atoms with Crippen LogP contribution >= 0.6 is 0 Å². The number of carbonyl (C=O) groups is 1. The fraction of sp³-hybridized carbons (Fsp3) is 0.450. The largest absolute Gasteiger partial charge is 0.455 e. The maximum atomic E-state index is 12.4. The zero-order chi connectivity index (χ0) is 17.6. The number of nitrogens with one attached hydrogen (secondary N) is 1. The summed E-state index contributed by atoms with van der Waals surface area (Å²) in [6.07, 6.45) is 3.03. The maximum Gasteiger partial charge on any atom is 0.287 e. The Labute approximate surface area is 149 Å². The van der Waals surface area contributed by atoms with E-state index in [2.05, 4.69) is 17.4 Å². The van der Waals surface area contributed by atoms with Crippen LogP contribution in [0.3, 0.4) is 0 Å². The molecule has 0 aliphatic heterocycles. The Hall–Kier alpha value is -2.11. The molecule has 0 spiro atoms. The normalized spacial score (nSPS) is 20.1. The Kier molecular flexibility index (Phi) is 5.89. The lowest BCUT2D eigenvalue weighted by Gasteiger charge is -2.21. The third kappa shape index (κ3) is 4.94. The van der Waals surface area contributed by atoms with E-state index in [9.17, 15) is 4.79 Å². The molecule has 0 unspecified atom stereocenters. The van der Waals surface area contributed by atoms with Gasteiger partial charge in [-0.2, -0.15) is 0 Å². The molecular formula is C20H26N2O3. The van der Waals surface area contributed by atoms with Crippen LogP contribution in [0.1, 0.15) is 41.1 Å². The van der Waals surface area contributed by atoms with E-state index < -0.39 is 0 Å². The number of nitrogens with zero attached hydrogens (tertiary/aromatic N) is 1. The highest BCUT2D eigenvalue weighted by Crippen LogP contribution is 2.24. The minimum Gasteiger partial charge on any atom is -0.455 e. The van der Waals surface area contributed by atoms with Gasteiger partial charge in [0, 0.05) is 0 Å².